The molecular formula is C23H21N5O4S. The zero-order chi connectivity index (χ0) is 23.8. The van der Waals surface area contributed by atoms with Gasteiger partial charge in [0, 0.05) is 22.9 Å². The maximum absolute atomic E-state index is 12.1. The molecule has 0 atom stereocenters. The summed E-state index contributed by atoms with van der Waals surface area (Å²) < 4.78 is 31.2. The maximum atomic E-state index is 12.1. The number of rotatable bonds is 4. The first-order valence-corrected chi connectivity index (χ1v) is 11.4. The minimum Gasteiger partial charge on any atom is -0.481 e. The summed E-state index contributed by atoms with van der Waals surface area (Å²) in [5, 5.41) is 19.9. The number of aromatic nitrogens is 4. The van der Waals surface area contributed by atoms with Crippen molar-refractivity contribution < 1.29 is 18.3 Å². The summed E-state index contributed by atoms with van der Waals surface area (Å²) in [6.07, 6.45) is 3.15. The van der Waals surface area contributed by atoms with Crippen LogP contribution in [0.25, 0.3) is 28.0 Å². The Hall–Kier alpha value is -3.78. The number of benzene rings is 1. The van der Waals surface area contributed by atoms with E-state index in [-0.39, 0.29) is 10.8 Å². The lowest BCUT2D eigenvalue weighted by Gasteiger charge is -2.13. The van der Waals surface area contributed by atoms with Crippen molar-refractivity contribution in [2.24, 2.45) is 5.14 Å². The Morgan fingerprint density at radius 3 is 2.55 bits per heavy atom. The highest BCUT2D eigenvalue weighted by molar-refractivity contribution is 7.89. The molecule has 0 aliphatic rings. The van der Waals surface area contributed by atoms with Gasteiger partial charge in [-0.25, -0.2) is 28.0 Å². The third kappa shape index (κ3) is 4.70. The van der Waals surface area contributed by atoms with Gasteiger partial charge in [-0.1, -0.05) is 24.1 Å². The van der Waals surface area contributed by atoms with Crippen molar-refractivity contribution in [1.29, 1.82) is 0 Å². The first-order chi connectivity index (χ1) is 15.6. The number of aliphatic hydroxyl groups is 1. The van der Waals surface area contributed by atoms with Crippen LogP contribution in [0.2, 0.25) is 0 Å². The van der Waals surface area contributed by atoms with Gasteiger partial charge in [-0.2, -0.15) is 5.10 Å². The Bertz CT molecular complexity index is 1530. The van der Waals surface area contributed by atoms with Crippen LogP contribution in [0, 0.1) is 11.8 Å². The number of nitrogens with zero attached hydrogens (tertiary/aromatic N) is 4. The molecule has 0 bridgehead atoms. The summed E-state index contributed by atoms with van der Waals surface area (Å²) in [5.74, 6) is 5.88. The van der Waals surface area contributed by atoms with Gasteiger partial charge < -0.3 is 9.84 Å². The van der Waals surface area contributed by atoms with E-state index in [9.17, 15) is 13.5 Å². The quantitative estimate of drug-likeness (QED) is 0.444. The lowest BCUT2D eigenvalue weighted by atomic mass is 10.0. The number of nitrogens with two attached hydrogens (primary N) is 1. The summed E-state index contributed by atoms with van der Waals surface area (Å²) >= 11 is 0. The predicted molar refractivity (Wildman–Crippen MR) is 123 cm³/mol. The summed E-state index contributed by atoms with van der Waals surface area (Å²) in [5.41, 5.74) is 1.92. The molecule has 0 aliphatic carbocycles. The van der Waals surface area contributed by atoms with Crippen molar-refractivity contribution in [1.82, 2.24) is 19.6 Å². The molecule has 3 heterocycles. The van der Waals surface area contributed by atoms with Gasteiger partial charge in [0.2, 0.25) is 15.9 Å². The second-order valence-electron chi connectivity index (χ2n) is 7.76. The molecule has 0 spiro atoms. The predicted octanol–water partition coefficient (Wildman–Crippen LogP) is 2.24. The first kappa shape index (κ1) is 22.4. The minimum absolute atomic E-state index is 0.0375. The molecule has 4 aromatic rings. The summed E-state index contributed by atoms with van der Waals surface area (Å²) in [6, 6.07) is 11.7. The number of methoxy groups -OCH3 is 1. The molecule has 9 nitrogen and oxygen atoms in total. The minimum atomic E-state index is -3.98. The zero-order valence-electron chi connectivity index (χ0n) is 18.1. The fourth-order valence-corrected chi connectivity index (χ4v) is 3.97. The molecule has 0 saturated heterocycles. The average Bonchev–Trinajstić information content (AvgIpc) is 3.18. The van der Waals surface area contributed by atoms with Crippen molar-refractivity contribution in [2.45, 2.75) is 24.3 Å². The molecule has 1 aromatic carbocycles. The van der Waals surface area contributed by atoms with E-state index in [0.717, 1.165) is 0 Å². The number of hydrogen-bond donors (Lipinski definition) is 2. The number of pyridine rings is 1. The molecule has 0 aliphatic heterocycles. The van der Waals surface area contributed by atoms with Gasteiger partial charge in [-0.3, -0.25) is 0 Å². The van der Waals surface area contributed by atoms with Crippen LogP contribution < -0.4 is 9.88 Å². The van der Waals surface area contributed by atoms with Gasteiger partial charge in [0.1, 0.15) is 11.3 Å². The Kier molecular flexibility index (Phi) is 5.63. The van der Waals surface area contributed by atoms with E-state index in [4.69, 9.17) is 9.88 Å². The Morgan fingerprint density at radius 1 is 1.09 bits per heavy atom. The van der Waals surface area contributed by atoms with Crippen LogP contribution in [-0.4, -0.2) is 45.8 Å². The summed E-state index contributed by atoms with van der Waals surface area (Å²) in [6.45, 7) is 3.18. The first-order valence-electron chi connectivity index (χ1n) is 9.84. The van der Waals surface area contributed by atoms with Crippen LogP contribution in [0.1, 0.15) is 19.5 Å². The molecular weight excluding hydrogens is 442 g/mol. The number of sulfonamides is 1. The Morgan fingerprint density at radius 2 is 1.85 bits per heavy atom. The molecule has 0 amide bonds. The molecule has 0 fully saturated rings. The third-order valence-electron chi connectivity index (χ3n) is 4.68. The second-order valence-corrected chi connectivity index (χ2v) is 9.29. The van der Waals surface area contributed by atoms with Crippen LogP contribution in [0.15, 0.2) is 59.8 Å². The molecule has 0 radical (unpaired) electrons. The van der Waals surface area contributed by atoms with Crippen molar-refractivity contribution in [3.63, 3.8) is 0 Å². The van der Waals surface area contributed by atoms with Crippen molar-refractivity contribution in [3.8, 4) is 40.1 Å². The molecule has 4 rings (SSSR count). The van der Waals surface area contributed by atoms with Crippen molar-refractivity contribution in [2.75, 3.05) is 7.11 Å². The fraction of sp³-hybridized carbons (Fsp3) is 0.174. The van der Waals surface area contributed by atoms with Crippen LogP contribution >= 0.6 is 0 Å². The van der Waals surface area contributed by atoms with Gasteiger partial charge in [-0.05, 0) is 44.0 Å². The van der Waals surface area contributed by atoms with Crippen LogP contribution in [0.4, 0.5) is 0 Å². The van der Waals surface area contributed by atoms with Crippen LogP contribution in [0.3, 0.4) is 0 Å². The lowest BCUT2D eigenvalue weighted by molar-refractivity contribution is 0.143. The highest BCUT2D eigenvalue weighted by Crippen LogP contribution is 2.35. The molecule has 3 aromatic heterocycles. The Labute approximate surface area is 190 Å². The average molecular weight is 464 g/mol. The topological polar surface area (TPSA) is 133 Å². The molecule has 0 saturated carbocycles. The smallest absolute Gasteiger partial charge is 0.238 e. The van der Waals surface area contributed by atoms with Crippen molar-refractivity contribution >= 4 is 15.7 Å². The third-order valence-corrected chi connectivity index (χ3v) is 5.65. The summed E-state index contributed by atoms with van der Waals surface area (Å²) in [4.78, 5) is 8.60. The lowest BCUT2D eigenvalue weighted by Crippen LogP contribution is -2.14. The standard InChI is InChI=1S/C23H21N5O4S/c1-23(2,29)11-10-16-14-25-21-9-8-19(27-28(16)21)15-12-18(22(32-3)26-13-15)17-6-4-5-7-20(17)33(24,30)31/h4-9,12-14,29H,1-3H3,(H2,24,30,31). The van der Waals surface area contributed by atoms with Gasteiger partial charge in [0.25, 0.3) is 0 Å². The van der Waals surface area contributed by atoms with Gasteiger partial charge >= 0.3 is 0 Å². The molecule has 0 unspecified atom stereocenters. The number of primary sulfonamides is 1. The number of fused-ring (bicyclic) bond motifs is 1. The summed E-state index contributed by atoms with van der Waals surface area (Å²) in [7, 11) is -2.52. The van der Waals surface area contributed by atoms with Crippen LogP contribution in [0.5, 0.6) is 5.88 Å². The Balaban J connectivity index is 1.88. The maximum Gasteiger partial charge on any atom is 0.238 e. The number of hydrogen-bond acceptors (Lipinski definition) is 7. The van der Waals surface area contributed by atoms with E-state index < -0.39 is 15.6 Å². The molecule has 168 valence electrons. The molecule has 33 heavy (non-hydrogen) atoms. The van der Waals surface area contributed by atoms with Crippen LogP contribution in [-0.2, 0) is 10.0 Å². The normalized spacial score (nSPS) is 11.8. The fourth-order valence-electron chi connectivity index (χ4n) is 3.21. The van der Waals surface area contributed by atoms with E-state index in [1.165, 1.54) is 13.2 Å². The number of ether oxygens (including phenoxy) is 1. The van der Waals surface area contributed by atoms with Gasteiger partial charge in [-0.15, -0.1) is 0 Å². The van der Waals surface area contributed by atoms with E-state index in [1.54, 1.807) is 67.2 Å². The zero-order valence-corrected chi connectivity index (χ0v) is 19.0. The highest BCUT2D eigenvalue weighted by atomic mass is 32.2. The van der Waals surface area contributed by atoms with Crippen molar-refractivity contribution in [3.05, 3.63) is 60.6 Å². The van der Waals surface area contributed by atoms with E-state index in [0.29, 0.717) is 33.7 Å². The highest BCUT2D eigenvalue weighted by Gasteiger charge is 2.19. The van der Waals surface area contributed by atoms with E-state index >= 15 is 0 Å². The largest absolute Gasteiger partial charge is 0.481 e. The number of imidazole rings is 1. The molecule has 3 N–H and O–H groups in total. The van der Waals surface area contributed by atoms with E-state index in [2.05, 4.69) is 26.9 Å². The monoisotopic (exact) mass is 463 g/mol. The second kappa shape index (κ2) is 8.29. The van der Waals surface area contributed by atoms with Gasteiger partial charge in [0.15, 0.2) is 5.65 Å². The molecule has 10 heteroatoms. The van der Waals surface area contributed by atoms with E-state index in [1.807, 2.05) is 0 Å². The SMILES string of the molecule is COc1ncc(-c2ccc3ncc(C#CC(C)(C)O)n3n2)cc1-c1ccccc1S(N)(=O)=O. The van der Waals surface area contributed by atoms with Gasteiger partial charge in [0.05, 0.1) is 23.9 Å².